The summed E-state index contributed by atoms with van der Waals surface area (Å²) in [5.41, 5.74) is 6.94. The normalized spacial score (nSPS) is 15.0. The summed E-state index contributed by atoms with van der Waals surface area (Å²) < 4.78 is 18.1. The van der Waals surface area contributed by atoms with Gasteiger partial charge in [0.05, 0.1) is 12.1 Å². The Morgan fingerprint density at radius 2 is 2.00 bits per heavy atom. The maximum Gasteiger partial charge on any atom is 0.254 e. The number of hydrogen-bond donors (Lipinski definition) is 2. The molecule has 4 nitrogen and oxygen atoms in total. The summed E-state index contributed by atoms with van der Waals surface area (Å²) in [5, 5.41) is 2.92. The minimum Gasteiger partial charge on any atom is -0.467 e. The number of halogens is 2. The van der Waals surface area contributed by atoms with Gasteiger partial charge in [0.15, 0.2) is 0 Å². The van der Waals surface area contributed by atoms with E-state index in [4.69, 9.17) is 10.2 Å². The largest absolute Gasteiger partial charge is 0.467 e. The van der Waals surface area contributed by atoms with E-state index in [1.54, 1.807) is 18.2 Å². The molecule has 22 heavy (non-hydrogen) atoms. The van der Waals surface area contributed by atoms with E-state index in [2.05, 4.69) is 5.32 Å². The van der Waals surface area contributed by atoms with Crippen molar-refractivity contribution in [2.75, 3.05) is 6.54 Å². The minimum absolute atomic E-state index is 0. The number of rotatable bonds is 5. The summed E-state index contributed by atoms with van der Waals surface area (Å²) in [5.74, 6) is 0.165. The third-order valence-corrected chi connectivity index (χ3v) is 4.01. The molecule has 0 saturated heterocycles. The summed E-state index contributed by atoms with van der Waals surface area (Å²) in [6.45, 7) is 0.813. The highest BCUT2D eigenvalue weighted by Gasteiger charge is 2.44. The third kappa shape index (κ3) is 3.31. The molecule has 2 aromatic rings. The highest BCUT2D eigenvalue weighted by molar-refractivity contribution is 5.94. The second-order valence-electron chi connectivity index (χ2n) is 5.48. The van der Waals surface area contributed by atoms with Gasteiger partial charge < -0.3 is 15.5 Å². The molecule has 1 saturated carbocycles. The first-order valence-corrected chi connectivity index (χ1v) is 6.95. The predicted molar refractivity (Wildman–Crippen MR) is 83.5 cm³/mol. The van der Waals surface area contributed by atoms with E-state index in [9.17, 15) is 9.18 Å². The molecule has 6 heteroatoms. The fourth-order valence-corrected chi connectivity index (χ4v) is 2.48. The second kappa shape index (κ2) is 6.50. The Kier molecular flexibility index (Phi) is 4.88. The molecule has 0 spiro atoms. The molecule has 0 radical (unpaired) electrons. The number of hydrogen-bond acceptors (Lipinski definition) is 3. The van der Waals surface area contributed by atoms with E-state index in [1.165, 1.54) is 18.4 Å². The van der Waals surface area contributed by atoms with Crippen molar-refractivity contribution in [2.45, 2.75) is 24.8 Å². The Hall–Kier alpha value is -1.85. The standard InChI is InChI=1S/C16H17FN2O2.ClH/c17-13-3-1-12(2-4-13)16(5-6-16)10-19-15(20)11-7-14(8-18)21-9-11;/h1-4,7,9H,5-6,8,10,18H2,(H,19,20);1H. The molecule has 0 unspecified atom stereocenters. The Morgan fingerprint density at radius 1 is 1.32 bits per heavy atom. The maximum absolute atomic E-state index is 13.0. The lowest BCUT2D eigenvalue weighted by atomic mass is 9.96. The van der Waals surface area contributed by atoms with Crippen LogP contribution < -0.4 is 11.1 Å². The van der Waals surface area contributed by atoms with Crippen molar-refractivity contribution >= 4 is 18.3 Å². The Morgan fingerprint density at radius 3 is 2.55 bits per heavy atom. The highest BCUT2D eigenvalue weighted by atomic mass is 35.5. The van der Waals surface area contributed by atoms with Crippen LogP contribution in [0.2, 0.25) is 0 Å². The number of benzene rings is 1. The molecule has 1 aromatic carbocycles. The van der Waals surface area contributed by atoms with Crippen molar-refractivity contribution in [1.29, 1.82) is 0 Å². The molecule has 0 atom stereocenters. The van der Waals surface area contributed by atoms with E-state index >= 15 is 0 Å². The fourth-order valence-electron chi connectivity index (χ4n) is 2.48. The van der Waals surface area contributed by atoms with Gasteiger partial charge in [-0.3, -0.25) is 4.79 Å². The van der Waals surface area contributed by atoms with Crippen LogP contribution in [-0.2, 0) is 12.0 Å². The number of nitrogens with one attached hydrogen (secondary N) is 1. The zero-order valence-corrected chi connectivity index (χ0v) is 12.8. The molecule has 1 fully saturated rings. The molecular weight excluding hydrogens is 307 g/mol. The van der Waals surface area contributed by atoms with Crippen molar-refractivity contribution < 1.29 is 13.6 Å². The zero-order chi connectivity index (χ0) is 14.9. The topological polar surface area (TPSA) is 68.3 Å². The van der Waals surface area contributed by atoms with Crippen LogP contribution in [0.1, 0.15) is 34.5 Å². The molecule has 0 aliphatic heterocycles. The van der Waals surface area contributed by atoms with Crippen LogP contribution in [0.25, 0.3) is 0 Å². The Labute approximate surface area is 134 Å². The Bertz CT molecular complexity index is 650. The lowest BCUT2D eigenvalue weighted by Gasteiger charge is -2.16. The first kappa shape index (κ1) is 16.5. The summed E-state index contributed by atoms with van der Waals surface area (Å²) in [7, 11) is 0. The van der Waals surface area contributed by atoms with Crippen LogP contribution in [0.15, 0.2) is 41.0 Å². The molecule has 1 aliphatic carbocycles. The van der Waals surface area contributed by atoms with Crippen LogP contribution in [0.3, 0.4) is 0 Å². The first-order chi connectivity index (χ1) is 10.1. The molecule has 3 rings (SSSR count). The monoisotopic (exact) mass is 324 g/mol. The van der Waals surface area contributed by atoms with Gasteiger partial charge in [0.1, 0.15) is 17.8 Å². The van der Waals surface area contributed by atoms with Gasteiger partial charge >= 0.3 is 0 Å². The van der Waals surface area contributed by atoms with Crippen LogP contribution >= 0.6 is 12.4 Å². The summed E-state index contributed by atoms with van der Waals surface area (Å²) in [6, 6.07) is 8.15. The third-order valence-electron chi connectivity index (χ3n) is 4.01. The molecule has 1 heterocycles. The minimum atomic E-state index is -0.244. The molecule has 1 aliphatic rings. The van der Waals surface area contributed by atoms with Gasteiger partial charge in [-0.15, -0.1) is 12.4 Å². The quantitative estimate of drug-likeness (QED) is 0.888. The molecule has 1 amide bonds. The lowest BCUT2D eigenvalue weighted by molar-refractivity contribution is 0.0949. The van der Waals surface area contributed by atoms with Gasteiger partial charge in [0.2, 0.25) is 0 Å². The summed E-state index contributed by atoms with van der Waals surface area (Å²) in [4.78, 5) is 12.1. The predicted octanol–water partition coefficient (Wildman–Crippen LogP) is 2.76. The van der Waals surface area contributed by atoms with Gasteiger partial charge in [-0.2, -0.15) is 0 Å². The van der Waals surface area contributed by atoms with Crippen LogP contribution in [-0.4, -0.2) is 12.5 Å². The van der Waals surface area contributed by atoms with E-state index in [0.717, 1.165) is 18.4 Å². The van der Waals surface area contributed by atoms with Crippen molar-refractivity contribution in [3.05, 3.63) is 59.3 Å². The summed E-state index contributed by atoms with van der Waals surface area (Å²) in [6.07, 6.45) is 3.41. The lowest BCUT2D eigenvalue weighted by Crippen LogP contribution is -2.32. The van der Waals surface area contributed by atoms with Gasteiger partial charge in [-0.25, -0.2) is 4.39 Å². The van der Waals surface area contributed by atoms with Gasteiger partial charge in [-0.1, -0.05) is 12.1 Å². The number of amides is 1. The van der Waals surface area contributed by atoms with Crippen molar-refractivity contribution in [2.24, 2.45) is 5.73 Å². The maximum atomic E-state index is 13.0. The fraction of sp³-hybridized carbons (Fsp3) is 0.312. The second-order valence-corrected chi connectivity index (χ2v) is 5.48. The van der Waals surface area contributed by atoms with E-state index in [-0.39, 0.29) is 36.1 Å². The smallest absolute Gasteiger partial charge is 0.254 e. The van der Waals surface area contributed by atoms with Crippen LogP contribution in [0, 0.1) is 5.82 Å². The molecular formula is C16H18ClFN2O2. The van der Waals surface area contributed by atoms with Crippen LogP contribution in [0.4, 0.5) is 4.39 Å². The highest BCUT2D eigenvalue weighted by Crippen LogP contribution is 2.47. The molecule has 1 aromatic heterocycles. The number of carbonyl (C=O) groups is 1. The van der Waals surface area contributed by atoms with Crippen molar-refractivity contribution in [3.8, 4) is 0 Å². The SMILES string of the molecule is Cl.NCc1cc(C(=O)NCC2(c3ccc(F)cc3)CC2)co1. The van der Waals surface area contributed by atoms with Gasteiger partial charge in [-0.05, 0) is 36.6 Å². The summed E-state index contributed by atoms with van der Waals surface area (Å²) >= 11 is 0. The average Bonchev–Trinajstić information content (AvgIpc) is 3.13. The molecule has 3 N–H and O–H groups in total. The molecule has 118 valence electrons. The zero-order valence-electron chi connectivity index (χ0n) is 12.0. The first-order valence-electron chi connectivity index (χ1n) is 6.95. The van der Waals surface area contributed by atoms with Gasteiger partial charge in [0, 0.05) is 12.0 Å². The van der Waals surface area contributed by atoms with E-state index in [1.807, 2.05) is 0 Å². The Balaban J connectivity index is 0.00000176. The van der Waals surface area contributed by atoms with Crippen molar-refractivity contribution in [3.63, 3.8) is 0 Å². The van der Waals surface area contributed by atoms with Crippen molar-refractivity contribution in [1.82, 2.24) is 5.32 Å². The van der Waals surface area contributed by atoms with Gasteiger partial charge in [0.25, 0.3) is 5.91 Å². The van der Waals surface area contributed by atoms with E-state index in [0.29, 0.717) is 17.9 Å². The number of furan rings is 1. The van der Waals surface area contributed by atoms with E-state index < -0.39 is 0 Å². The number of nitrogens with two attached hydrogens (primary N) is 1. The number of carbonyl (C=O) groups excluding carboxylic acids is 1. The average molecular weight is 325 g/mol. The van der Waals surface area contributed by atoms with Crippen LogP contribution in [0.5, 0.6) is 0 Å². The molecule has 0 bridgehead atoms.